The van der Waals surface area contributed by atoms with Gasteiger partial charge in [-0.3, -0.25) is 9.48 Å². The third-order valence-corrected chi connectivity index (χ3v) is 3.27. The summed E-state index contributed by atoms with van der Waals surface area (Å²) < 4.78 is 39.2. The summed E-state index contributed by atoms with van der Waals surface area (Å²) in [5, 5.41) is 4.07. The molecule has 2 N–H and O–H groups in total. The first-order chi connectivity index (χ1) is 9.24. The first kappa shape index (κ1) is 14.7. The number of carbonyl (C=O) groups excluding carboxylic acids is 1. The van der Waals surface area contributed by atoms with Crippen molar-refractivity contribution < 1.29 is 18.0 Å². The first-order valence-corrected chi connectivity index (χ1v) is 6.45. The molecule has 1 saturated carbocycles. The van der Waals surface area contributed by atoms with E-state index in [-0.39, 0.29) is 17.4 Å². The highest BCUT2D eigenvalue weighted by Gasteiger charge is 2.42. The van der Waals surface area contributed by atoms with Crippen LogP contribution in [0.2, 0.25) is 0 Å². The molecule has 20 heavy (non-hydrogen) atoms. The number of hydrogen-bond donors (Lipinski definition) is 1. The lowest BCUT2D eigenvalue weighted by Crippen LogP contribution is -2.41. The van der Waals surface area contributed by atoms with E-state index in [2.05, 4.69) is 5.10 Å². The van der Waals surface area contributed by atoms with Crippen LogP contribution in [0.5, 0.6) is 0 Å². The van der Waals surface area contributed by atoms with Crippen LogP contribution in [0.3, 0.4) is 0 Å². The lowest BCUT2D eigenvalue weighted by atomic mass is 10.2. The molecule has 2 rings (SSSR count). The van der Waals surface area contributed by atoms with Crippen molar-refractivity contribution in [3.05, 3.63) is 11.4 Å². The predicted octanol–water partition coefficient (Wildman–Crippen LogP) is 1.96. The van der Waals surface area contributed by atoms with Gasteiger partial charge in [-0.2, -0.15) is 18.3 Å². The molecular formula is C12H17F3N4O. The minimum absolute atomic E-state index is 0.0566. The van der Waals surface area contributed by atoms with E-state index in [1.54, 1.807) is 13.8 Å². The molecule has 1 amide bonds. The van der Waals surface area contributed by atoms with Crippen molar-refractivity contribution in [3.8, 4) is 0 Å². The number of hydrogen-bond acceptors (Lipinski definition) is 3. The van der Waals surface area contributed by atoms with Crippen molar-refractivity contribution in [2.45, 2.75) is 45.5 Å². The van der Waals surface area contributed by atoms with E-state index in [9.17, 15) is 18.0 Å². The first-order valence-electron chi connectivity index (χ1n) is 6.45. The summed E-state index contributed by atoms with van der Waals surface area (Å²) in [6.07, 6.45) is -3.22. The second-order valence-electron chi connectivity index (χ2n) is 4.94. The molecule has 0 bridgehead atoms. The molecular weight excluding hydrogens is 273 g/mol. The number of rotatable bonds is 4. The Hall–Kier alpha value is -1.73. The summed E-state index contributed by atoms with van der Waals surface area (Å²) in [6.45, 7) is 2.52. The number of aryl methyl sites for hydroxylation is 2. The van der Waals surface area contributed by atoms with Gasteiger partial charge in [0, 0.05) is 12.6 Å². The number of anilines is 1. The van der Waals surface area contributed by atoms with E-state index in [4.69, 9.17) is 5.73 Å². The third-order valence-electron chi connectivity index (χ3n) is 3.27. The van der Waals surface area contributed by atoms with Crippen molar-refractivity contribution >= 4 is 11.6 Å². The largest absolute Gasteiger partial charge is 0.406 e. The molecule has 112 valence electrons. The summed E-state index contributed by atoms with van der Waals surface area (Å²) in [5.74, 6) is -0.690. The van der Waals surface area contributed by atoms with Gasteiger partial charge in [-0.15, -0.1) is 0 Å². The average Bonchev–Trinajstić information content (AvgIpc) is 3.13. The minimum atomic E-state index is -4.42. The van der Waals surface area contributed by atoms with Crippen LogP contribution < -0.4 is 5.73 Å². The number of carbonyl (C=O) groups is 1. The average molecular weight is 290 g/mol. The molecule has 0 spiro atoms. The van der Waals surface area contributed by atoms with E-state index in [0.717, 1.165) is 4.90 Å². The molecule has 5 nitrogen and oxygen atoms in total. The van der Waals surface area contributed by atoms with Gasteiger partial charge in [-0.25, -0.2) is 0 Å². The van der Waals surface area contributed by atoms with Crippen molar-refractivity contribution in [2.24, 2.45) is 0 Å². The Labute approximate surface area is 114 Å². The van der Waals surface area contributed by atoms with Crippen molar-refractivity contribution in [3.63, 3.8) is 0 Å². The Balaban J connectivity index is 2.32. The van der Waals surface area contributed by atoms with Gasteiger partial charge in [-0.05, 0) is 26.7 Å². The second kappa shape index (κ2) is 4.99. The second-order valence-corrected chi connectivity index (χ2v) is 4.94. The van der Waals surface area contributed by atoms with Gasteiger partial charge in [-0.1, -0.05) is 0 Å². The number of nitrogens with zero attached hydrogens (tertiary/aromatic N) is 3. The molecule has 0 atom stereocenters. The molecule has 0 saturated heterocycles. The zero-order valence-corrected chi connectivity index (χ0v) is 11.4. The molecule has 0 radical (unpaired) electrons. The van der Waals surface area contributed by atoms with E-state index in [0.29, 0.717) is 25.1 Å². The zero-order chi connectivity index (χ0) is 15.1. The number of nitrogen functional groups attached to an aromatic ring is 1. The summed E-state index contributed by atoms with van der Waals surface area (Å²) >= 11 is 0. The standard InChI is InChI=1S/C12H17F3N4O/c1-3-19-10(9(16)7(2)17-19)11(20)18(8-4-5-8)6-12(13,14)15/h8H,3-6,16H2,1-2H3. The number of nitrogens with two attached hydrogens (primary N) is 1. The van der Waals surface area contributed by atoms with E-state index in [1.165, 1.54) is 4.68 Å². The fourth-order valence-electron chi connectivity index (χ4n) is 2.13. The van der Waals surface area contributed by atoms with Crippen molar-refractivity contribution in [1.82, 2.24) is 14.7 Å². The van der Waals surface area contributed by atoms with Gasteiger partial charge < -0.3 is 10.6 Å². The Kier molecular flexibility index (Phi) is 3.66. The van der Waals surface area contributed by atoms with Crippen LogP contribution in [0.1, 0.15) is 35.9 Å². The Morgan fingerprint density at radius 2 is 2.10 bits per heavy atom. The van der Waals surface area contributed by atoms with E-state index in [1.807, 2.05) is 0 Å². The Morgan fingerprint density at radius 1 is 1.50 bits per heavy atom. The van der Waals surface area contributed by atoms with Crippen molar-refractivity contribution in [2.75, 3.05) is 12.3 Å². The normalized spacial score (nSPS) is 15.4. The third kappa shape index (κ3) is 2.88. The molecule has 0 aliphatic heterocycles. The van der Waals surface area contributed by atoms with Gasteiger partial charge in [0.2, 0.25) is 0 Å². The highest BCUT2D eigenvalue weighted by Crippen LogP contribution is 2.32. The number of amides is 1. The van der Waals surface area contributed by atoms with Crippen LogP contribution in [0.25, 0.3) is 0 Å². The molecule has 0 unspecified atom stereocenters. The molecule has 1 heterocycles. The van der Waals surface area contributed by atoms with Gasteiger partial charge in [0.1, 0.15) is 12.2 Å². The van der Waals surface area contributed by atoms with Gasteiger partial charge in [0.15, 0.2) is 0 Å². The highest BCUT2D eigenvalue weighted by molar-refractivity contribution is 5.98. The van der Waals surface area contributed by atoms with Crippen LogP contribution in [-0.2, 0) is 6.54 Å². The molecule has 1 aliphatic rings. The predicted molar refractivity (Wildman–Crippen MR) is 67.2 cm³/mol. The fraction of sp³-hybridized carbons (Fsp3) is 0.667. The molecule has 1 aliphatic carbocycles. The fourth-order valence-corrected chi connectivity index (χ4v) is 2.13. The number of alkyl halides is 3. The molecule has 8 heteroatoms. The molecule has 0 aromatic carbocycles. The monoisotopic (exact) mass is 290 g/mol. The Morgan fingerprint density at radius 3 is 2.55 bits per heavy atom. The quantitative estimate of drug-likeness (QED) is 0.922. The SMILES string of the molecule is CCn1nc(C)c(N)c1C(=O)N(CC(F)(F)F)C1CC1. The smallest absolute Gasteiger partial charge is 0.395 e. The summed E-state index contributed by atoms with van der Waals surface area (Å²) in [7, 11) is 0. The lowest BCUT2D eigenvalue weighted by molar-refractivity contribution is -0.141. The number of aromatic nitrogens is 2. The van der Waals surface area contributed by atoms with Gasteiger partial charge in [0.05, 0.1) is 11.4 Å². The van der Waals surface area contributed by atoms with Crippen LogP contribution >= 0.6 is 0 Å². The zero-order valence-electron chi connectivity index (χ0n) is 11.4. The van der Waals surface area contributed by atoms with Crippen LogP contribution in [0, 0.1) is 6.92 Å². The number of halogens is 3. The van der Waals surface area contributed by atoms with Gasteiger partial charge in [0.25, 0.3) is 5.91 Å². The summed E-state index contributed by atoms with van der Waals surface area (Å²) in [5.41, 5.74) is 6.46. The molecule has 1 fully saturated rings. The van der Waals surface area contributed by atoms with Crippen LogP contribution in [-0.4, -0.2) is 39.4 Å². The Bertz CT molecular complexity index is 520. The van der Waals surface area contributed by atoms with E-state index >= 15 is 0 Å². The maximum Gasteiger partial charge on any atom is 0.406 e. The highest BCUT2D eigenvalue weighted by atomic mass is 19.4. The van der Waals surface area contributed by atoms with Crippen molar-refractivity contribution in [1.29, 1.82) is 0 Å². The summed E-state index contributed by atoms with van der Waals surface area (Å²) in [4.78, 5) is 13.3. The maximum atomic E-state index is 12.6. The molecule has 1 aromatic heterocycles. The van der Waals surface area contributed by atoms with E-state index < -0.39 is 18.6 Å². The maximum absolute atomic E-state index is 12.6. The lowest BCUT2D eigenvalue weighted by Gasteiger charge is -2.24. The van der Waals surface area contributed by atoms with Crippen LogP contribution in [0.15, 0.2) is 0 Å². The van der Waals surface area contributed by atoms with Crippen LogP contribution in [0.4, 0.5) is 18.9 Å². The topological polar surface area (TPSA) is 64.2 Å². The van der Waals surface area contributed by atoms with Gasteiger partial charge >= 0.3 is 6.18 Å². The minimum Gasteiger partial charge on any atom is -0.395 e. The summed E-state index contributed by atoms with van der Waals surface area (Å²) in [6, 6.07) is -0.343. The molecule has 1 aromatic rings.